The molecule has 0 fully saturated rings. The minimum Gasteiger partial charge on any atom is -0.369 e. The lowest BCUT2D eigenvalue weighted by Gasteiger charge is -2.26. The van der Waals surface area contributed by atoms with E-state index in [1.807, 2.05) is 53.4 Å². The number of benzene rings is 3. The predicted molar refractivity (Wildman–Crippen MR) is 127 cm³/mol. The third kappa shape index (κ3) is 3.97. The lowest BCUT2D eigenvalue weighted by Crippen LogP contribution is -2.36. The molecule has 0 saturated heterocycles. The number of nitrogens with one attached hydrogen (secondary N) is 1. The number of amides is 1. The summed E-state index contributed by atoms with van der Waals surface area (Å²) in [5.74, 6) is 0.881. The Labute approximate surface area is 187 Å². The second kappa shape index (κ2) is 8.85. The zero-order valence-corrected chi connectivity index (χ0v) is 17.9. The van der Waals surface area contributed by atoms with Crippen LogP contribution in [0.2, 0.25) is 0 Å². The van der Waals surface area contributed by atoms with Gasteiger partial charge in [-0.3, -0.25) is 4.79 Å². The van der Waals surface area contributed by atoms with E-state index in [9.17, 15) is 4.79 Å². The maximum Gasteiger partial charge on any atom is 0.254 e. The molecular weight excluding hydrogens is 398 g/mol. The minimum atomic E-state index is -0.145. The number of hydrogen-bond donors (Lipinski definition) is 2. The lowest BCUT2D eigenvalue weighted by molar-refractivity contribution is 0.0753. The fraction of sp³-hybridized carbons (Fsp3) is 0.231. The Bertz CT molecular complexity index is 1210. The van der Waals surface area contributed by atoms with E-state index in [0.717, 1.165) is 47.2 Å². The largest absolute Gasteiger partial charge is 0.369 e. The first-order valence-electron chi connectivity index (χ1n) is 11.1. The Morgan fingerprint density at radius 2 is 1.84 bits per heavy atom. The summed E-state index contributed by atoms with van der Waals surface area (Å²) in [6, 6.07) is 22.2. The van der Waals surface area contributed by atoms with Gasteiger partial charge in [-0.15, -0.1) is 0 Å². The summed E-state index contributed by atoms with van der Waals surface area (Å²) >= 11 is 0. The number of H-pyrrole nitrogens is 1. The lowest BCUT2D eigenvalue weighted by atomic mass is 10.0. The third-order valence-electron chi connectivity index (χ3n) is 6.22. The highest BCUT2D eigenvalue weighted by Gasteiger charge is 2.25. The first-order chi connectivity index (χ1) is 15.7. The molecule has 2 heterocycles. The quantitative estimate of drug-likeness (QED) is 0.504. The number of aromatic amines is 1. The second-order valence-corrected chi connectivity index (χ2v) is 8.24. The first-order valence-corrected chi connectivity index (χ1v) is 11.1. The van der Waals surface area contributed by atoms with Crippen molar-refractivity contribution in [3.8, 4) is 0 Å². The molecule has 1 aliphatic rings. The van der Waals surface area contributed by atoms with E-state index in [1.54, 1.807) is 12.4 Å². The number of fused-ring (bicyclic) bond motifs is 2. The molecular formula is C26H27N5O. The van der Waals surface area contributed by atoms with Crippen molar-refractivity contribution in [1.82, 2.24) is 14.9 Å². The maximum absolute atomic E-state index is 13.6. The van der Waals surface area contributed by atoms with E-state index >= 15 is 0 Å². The van der Waals surface area contributed by atoms with Crippen LogP contribution >= 0.6 is 0 Å². The average molecular weight is 426 g/mol. The highest BCUT2D eigenvalue weighted by Crippen LogP contribution is 2.28. The van der Waals surface area contributed by atoms with Crippen LogP contribution in [0.3, 0.4) is 0 Å². The topological polar surface area (TPSA) is 78.2 Å². The number of nitrogens with two attached hydrogens (primary N) is 1. The molecule has 1 atom stereocenters. The van der Waals surface area contributed by atoms with Crippen molar-refractivity contribution in [2.24, 2.45) is 5.73 Å². The van der Waals surface area contributed by atoms with Gasteiger partial charge in [-0.1, -0.05) is 54.6 Å². The van der Waals surface area contributed by atoms with E-state index in [4.69, 9.17) is 5.73 Å². The predicted octanol–water partition coefficient (Wildman–Crippen LogP) is 4.12. The van der Waals surface area contributed by atoms with Gasteiger partial charge >= 0.3 is 0 Å². The van der Waals surface area contributed by atoms with Crippen LogP contribution in [0.25, 0.3) is 10.8 Å². The zero-order chi connectivity index (χ0) is 21.9. The van der Waals surface area contributed by atoms with Crippen LogP contribution in [-0.2, 0) is 6.54 Å². The number of imidazole rings is 1. The summed E-state index contributed by atoms with van der Waals surface area (Å²) in [7, 11) is 0. The van der Waals surface area contributed by atoms with Gasteiger partial charge in [0.2, 0.25) is 0 Å². The average Bonchev–Trinajstić information content (AvgIpc) is 3.31. The van der Waals surface area contributed by atoms with E-state index in [-0.39, 0.29) is 11.9 Å². The molecule has 1 amide bonds. The molecule has 1 aromatic heterocycles. The van der Waals surface area contributed by atoms with Crippen LogP contribution in [0, 0.1) is 0 Å². The van der Waals surface area contributed by atoms with Gasteiger partial charge < -0.3 is 20.5 Å². The number of carbonyl (C=O) groups excluding carboxylic acids is 1. The summed E-state index contributed by atoms with van der Waals surface area (Å²) in [5.41, 5.74) is 9.42. The zero-order valence-electron chi connectivity index (χ0n) is 17.9. The Morgan fingerprint density at radius 1 is 1.03 bits per heavy atom. The van der Waals surface area contributed by atoms with Crippen LogP contribution in [0.1, 0.15) is 34.2 Å². The Balaban J connectivity index is 1.38. The summed E-state index contributed by atoms with van der Waals surface area (Å²) in [6.07, 6.45) is 4.31. The molecule has 3 aromatic carbocycles. The van der Waals surface area contributed by atoms with Gasteiger partial charge in [0, 0.05) is 49.8 Å². The molecule has 4 aromatic rings. The van der Waals surface area contributed by atoms with Gasteiger partial charge in [0.25, 0.3) is 5.91 Å². The Morgan fingerprint density at radius 3 is 2.72 bits per heavy atom. The number of para-hydroxylation sites is 1. The highest BCUT2D eigenvalue weighted by molar-refractivity contribution is 6.07. The van der Waals surface area contributed by atoms with Gasteiger partial charge in [-0.2, -0.15) is 0 Å². The summed E-state index contributed by atoms with van der Waals surface area (Å²) in [5, 5.41) is 2.08. The number of rotatable bonds is 5. The van der Waals surface area contributed by atoms with Crippen molar-refractivity contribution in [2.75, 3.05) is 24.5 Å². The van der Waals surface area contributed by atoms with E-state index in [0.29, 0.717) is 13.1 Å². The smallest absolute Gasteiger partial charge is 0.254 e. The van der Waals surface area contributed by atoms with Crippen molar-refractivity contribution < 1.29 is 4.79 Å². The monoisotopic (exact) mass is 425 g/mol. The van der Waals surface area contributed by atoms with Crippen molar-refractivity contribution >= 4 is 22.4 Å². The van der Waals surface area contributed by atoms with Crippen LogP contribution in [0.15, 0.2) is 79.1 Å². The standard InChI is InChI=1S/C26H27N5O/c27-23(25-28-13-14-29-25)12-15-30-16-17-31(18-20-7-2-4-11-24(20)30)26(32)22-10-5-8-19-6-1-3-9-21(19)22/h1-11,13-14,23H,12,15-18,27H2,(H,28,29). The van der Waals surface area contributed by atoms with E-state index in [2.05, 4.69) is 33.1 Å². The minimum absolute atomic E-state index is 0.0748. The number of aromatic nitrogens is 2. The molecule has 0 aliphatic carbocycles. The molecule has 32 heavy (non-hydrogen) atoms. The Kier molecular flexibility index (Phi) is 5.60. The van der Waals surface area contributed by atoms with Crippen LogP contribution in [0.4, 0.5) is 5.69 Å². The molecule has 1 unspecified atom stereocenters. The molecule has 1 aliphatic heterocycles. The van der Waals surface area contributed by atoms with E-state index < -0.39 is 0 Å². The molecule has 0 saturated carbocycles. The third-order valence-corrected chi connectivity index (χ3v) is 6.22. The molecule has 0 spiro atoms. The highest BCUT2D eigenvalue weighted by atomic mass is 16.2. The van der Waals surface area contributed by atoms with Crippen LogP contribution < -0.4 is 10.6 Å². The fourth-order valence-electron chi connectivity index (χ4n) is 4.50. The number of hydrogen-bond acceptors (Lipinski definition) is 4. The maximum atomic E-state index is 13.6. The van der Waals surface area contributed by atoms with Gasteiger partial charge in [0.15, 0.2) is 0 Å². The summed E-state index contributed by atoms with van der Waals surface area (Å²) < 4.78 is 0. The van der Waals surface area contributed by atoms with Crippen molar-refractivity contribution in [1.29, 1.82) is 0 Å². The van der Waals surface area contributed by atoms with Crippen LogP contribution in [0.5, 0.6) is 0 Å². The normalized spacial score (nSPS) is 14.8. The number of nitrogens with zero attached hydrogens (tertiary/aromatic N) is 3. The number of carbonyl (C=O) groups is 1. The summed E-state index contributed by atoms with van der Waals surface area (Å²) in [4.78, 5) is 25.3. The van der Waals surface area contributed by atoms with Crippen molar-refractivity contribution in [2.45, 2.75) is 19.0 Å². The van der Waals surface area contributed by atoms with Crippen molar-refractivity contribution in [3.05, 3.63) is 96.1 Å². The van der Waals surface area contributed by atoms with Gasteiger partial charge in [0.05, 0.1) is 6.04 Å². The van der Waals surface area contributed by atoms with Crippen molar-refractivity contribution in [3.63, 3.8) is 0 Å². The van der Waals surface area contributed by atoms with Gasteiger partial charge in [-0.25, -0.2) is 4.98 Å². The van der Waals surface area contributed by atoms with Gasteiger partial charge in [0.1, 0.15) is 5.82 Å². The fourth-order valence-corrected chi connectivity index (χ4v) is 4.50. The molecule has 3 N–H and O–H groups in total. The molecule has 6 nitrogen and oxygen atoms in total. The molecule has 6 heteroatoms. The Hall–Kier alpha value is -3.64. The number of anilines is 1. The molecule has 0 radical (unpaired) electrons. The van der Waals surface area contributed by atoms with E-state index in [1.165, 1.54) is 5.69 Å². The first kappa shape index (κ1) is 20.3. The van der Waals surface area contributed by atoms with Crippen LogP contribution in [-0.4, -0.2) is 40.4 Å². The SMILES string of the molecule is NC(CCN1CCN(C(=O)c2cccc3ccccc23)Cc2ccccc21)c1ncc[nH]1. The molecule has 0 bridgehead atoms. The molecule has 5 rings (SSSR count). The van der Waals surface area contributed by atoms with Gasteiger partial charge in [-0.05, 0) is 34.9 Å². The molecule has 162 valence electrons. The second-order valence-electron chi connectivity index (χ2n) is 8.24. The summed E-state index contributed by atoms with van der Waals surface area (Å²) in [6.45, 7) is 2.82.